The van der Waals surface area contributed by atoms with Crippen LogP contribution in [-0.2, 0) is 9.47 Å². The molecular formula is C16H31N3O2. The minimum absolute atomic E-state index is 0.339. The molecule has 0 bridgehead atoms. The van der Waals surface area contributed by atoms with Crippen molar-refractivity contribution in [2.45, 2.75) is 63.6 Å². The third kappa shape index (κ3) is 6.66. The van der Waals surface area contributed by atoms with Gasteiger partial charge in [-0.2, -0.15) is 0 Å². The maximum absolute atomic E-state index is 5.97. The Hall–Kier alpha value is -0.810. The first-order chi connectivity index (χ1) is 10.4. The van der Waals surface area contributed by atoms with Crippen molar-refractivity contribution in [3.63, 3.8) is 0 Å². The highest BCUT2D eigenvalue weighted by atomic mass is 16.5. The average molecular weight is 297 g/mol. The largest absolute Gasteiger partial charge is 0.376 e. The first kappa shape index (κ1) is 16.6. The molecule has 1 heterocycles. The summed E-state index contributed by atoms with van der Waals surface area (Å²) < 4.78 is 11.6. The van der Waals surface area contributed by atoms with Crippen LogP contribution in [0, 0.1) is 0 Å². The molecule has 1 saturated heterocycles. The van der Waals surface area contributed by atoms with Gasteiger partial charge in [-0.15, -0.1) is 0 Å². The maximum Gasteiger partial charge on any atom is 0.191 e. The smallest absolute Gasteiger partial charge is 0.191 e. The summed E-state index contributed by atoms with van der Waals surface area (Å²) in [5.41, 5.74) is 0. The zero-order chi connectivity index (χ0) is 14.8. The molecule has 1 unspecified atom stereocenters. The van der Waals surface area contributed by atoms with E-state index in [2.05, 4.69) is 15.6 Å². The van der Waals surface area contributed by atoms with E-state index in [-0.39, 0.29) is 0 Å². The van der Waals surface area contributed by atoms with Crippen LogP contribution in [0.15, 0.2) is 4.99 Å². The Kier molecular flexibility index (Phi) is 7.89. The fraction of sp³-hybridized carbons (Fsp3) is 0.938. The molecule has 2 aliphatic rings. The van der Waals surface area contributed by atoms with Crippen molar-refractivity contribution in [3.8, 4) is 0 Å². The molecule has 0 spiro atoms. The van der Waals surface area contributed by atoms with Crippen LogP contribution in [-0.4, -0.2) is 51.5 Å². The number of ether oxygens (including phenoxy) is 2. The summed E-state index contributed by atoms with van der Waals surface area (Å²) in [5.74, 6) is 0.843. The normalized spacial score (nSPS) is 24.8. The molecule has 1 aliphatic heterocycles. The number of nitrogens with one attached hydrogen (secondary N) is 2. The molecule has 2 N–H and O–H groups in total. The molecule has 2 fully saturated rings. The van der Waals surface area contributed by atoms with E-state index in [0.29, 0.717) is 12.2 Å². The minimum Gasteiger partial charge on any atom is -0.376 e. The van der Waals surface area contributed by atoms with Crippen LogP contribution < -0.4 is 10.6 Å². The van der Waals surface area contributed by atoms with Gasteiger partial charge >= 0.3 is 0 Å². The summed E-state index contributed by atoms with van der Waals surface area (Å²) in [6, 6.07) is 0. The third-order valence-corrected chi connectivity index (χ3v) is 4.30. The quantitative estimate of drug-likeness (QED) is 0.341. The van der Waals surface area contributed by atoms with Crippen LogP contribution in [0.1, 0.15) is 51.4 Å². The van der Waals surface area contributed by atoms with Gasteiger partial charge in [-0.05, 0) is 25.7 Å². The molecule has 0 aromatic rings. The van der Waals surface area contributed by atoms with Gasteiger partial charge in [0, 0.05) is 26.7 Å². The number of hydrogen-bond donors (Lipinski definition) is 2. The Morgan fingerprint density at radius 3 is 2.57 bits per heavy atom. The fourth-order valence-electron chi connectivity index (χ4n) is 3.04. The molecule has 0 aromatic heterocycles. The average Bonchev–Trinajstić information content (AvgIpc) is 2.89. The van der Waals surface area contributed by atoms with E-state index in [9.17, 15) is 0 Å². The Labute approximate surface area is 128 Å². The molecule has 2 rings (SSSR count). The number of guanidine groups is 1. The number of rotatable bonds is 6. The SMILES string of the molecule is CN=C(NCCOC1CCCCCC1)NCC1CCCO1. The van der Waals surface area contributed by atoms with Gasteiger partial charge in [0.1, 0.15) is 0 Å². The summed E-state index contributed by atoms with van der Waals surface area (Å²) in [6.45, 7) is 3.30. The fourth-order valence-corrected chi connectivity index (χ4v) is 3.04. The van der Waals surface area contributed by atoms with Crippen LogP contribution in [0.2, 0.25) is 0 Å². The van der Waals surface area contributed by atoms with Crippen molar-refractivity contribution in [1.29, 1.82) is 0 Å². The second-order valence-corrected chi connectivity index (χ2v) is 6.00. The van der Waals surface area contributed by atoms with Gasteiger partial charge in [-0.3, -0.25) is 4.99 Å². The van der Waals surface area contributed by atoms with Crippen LogP contribution in [0.3, 0.4) is 0 Å². The van der Waals surface area contributed by atoms with Crippen molar-refractivity contribution in [3.05, 3.63) is 0 Å². The highest BCUT2D eigenvalue weighted by molar-refractivity contribution is 5.79. The van der Waals surface area contributed by atoms with Gasteiger partial charge in [0.15, 0.2) is 5.96 Å². The van der Waals surface area contributed by atoms with Gasteiger partial charge in [0.05, 0.1) is 18.8 Å². The van der Waals surface area contributed by atoms with Gasteiger partial charge in [-0.25, -0.2) is 0 Å². The highest BCUT2D eigenvalue weighted by Gasteiger charge is 2.15. The second-order valence-electron chi connectivity index (χ2n) is 6.00. The number of hydrogen-bond acceptors (Lipinski definition) is 3. The van der Waals surface area contributed by atoms with Crippen molar-refractivity contribution < 1.29 is 9.47 Å². The van der Waals surface area contributed by atoms with Crippen LogP contribution in [0.4, 0.5) is 0 Å². The molecule has 1 aliphatic carbocycles. The minimum atomic E-state index is 0.339. The van der Waals surface area contributed by atoms with Crippen LogP contribution in [0.5, 0.6) is 0 Å². The number of nitrogens with zero attached hydrogens (tertiary/aromatic N) is 1. The monoisotopic (exact) mass is 297 g/mol. The van der Waals surface area contributed by atoms with Crippen molar-refractivity contribution in [2.24, 2.45) is 4.99 Å². The van der Waals surface area contributed by atoms with Gasteiger partial charge in [0.2, 0.25) is 0 Å². The van der Waals surface area contributed by atoms with Crippen molar-refractivity contribution in [2.75, 3.05) is 33.4 Å². The van der Waals surface area contributed by atoms with Gasteiger partial charge in [-0.1, -0.05) is 25.7 Å². The molecule has 5 nitrogen and oxygen atoms in total. The maximum atomic E-state index is 5.97. The summed E-state index contributed by atoms with van der Waals surface area (Å²) in [6.07, 6.45) is 11.0. The lowest BCUT2D eigenvalue weighted by Gasteiger charge is -2.17. The standard InChI is InChI=1S/C16H31N3O2/c1-17-16(19-13-15-9-6-11-20-15)18-10-12-21-14-7-4-2-3-5-8-14/h14-15H,2-13H2,1H3,(H2,17,18,19). The second kappa shape index (κ2) is 10.0. The Morgan fingerprint density at radius 2 is 1.90 bits per heavy atom. The van der Waals surface area contributed by atoms with E-state index >= 15 is 0 Å². The number of aliphatic imine (C=N–C) groups is 1. The molecule has 122 valence electrons. The predicted molar refractivity (Wildman–Crippen MR) is 85.8 cm³/mol. The first-order valence-corrected chi connectivity index (χ1v) is 8.56. The first-order valence-electron chi connectivity index (χ1n) is 8.56. The Bertz CT molecular complexity index is 296. The van der Waals surface area contributed by atoms with Crippen molar-refractivity contribution >= 4 is 5.96 Å². The summed E-state index contributed by atoms with van der Waals surface area (Å²) in [7, 11) is 1.80. The zero-order valence-electron chi connectivity index (χ0n) is 13.4. The molecule has 1 atom stereocenters. The zero-order valence-corrected chi connectivity index (χ0v) is 13.4. The molecule has 0 aromatic carbocycles. The lowest BCUT2D eigenvalue weighted by Crippen LogP contribution is -2.42. The Morgan fingerprint density at radius 1 is 1.10 bits per heavy atom. The van der Waals surface area contributed by atoms with Gasteiger partial charge < -0.3 is 20.1 Å². The van der Waals surface area contributed by atoms with Crippen LogP contribution >= 0.6 is 0 Å². The third-order valence-electron chi connectivity index (χ3n) is 4.30. The Balaban J connectivity index is 1.53. The predicted octanol–water partition coefficient (Wildman–Crippen LogP) is 2.07. The lowest BCUT2D eigenvalue weighted by molar-refractivity contribution is 0.0467. The molecule has 1 saturated carbocycles. The van der Waals surface area contributed by atoms with E-state index < -0.39 is 0 Å². The molecule has 0 radical (unpaired) electrons. The molecule has 0 amide bonds. The topological polar surface area (TPSA) is 54.9 Å². The summed E-state index contributed by atoms with van der Waals surface area (Å²) in [4.78, 5) is 4.23. The van der Waals surface area contributed by atoms with Crippen LogP contribution in [0.25, 0.3) is 0 Å². The summed E-state index contributed by atoms with van der Waals surface area (Å²) >= 11 is 0. The van der Waals surface area contributed by atoms with E-state index in [1.807, 2.05) is 0 Å². The van der Waals surface area contributed by atoms with E-state index in [0.717, 1.165) is 38.7 Å². The molecule has 5 heteroatoms. The lowest BCUT2D eigenvalue weighted by atomic mass is 10.1. The van der Waals surface area contributed by atoms with Gasteiger partial charge in [0.25, 0.3) is 0 Å². The molecular weight excluding hydrogens is 266 g/mol. The van der Waals surface area contributed by atoms with E-state index in [1.165, 1.54) is 44.9 Å². The van der Waals surface area contributed by atoms with Crippen molar-refractivity contribution in [1.82, 2.24) is 10.6 Å². The van der Waals surface area contributed by atoms with E-state index in [4.69, 9.17) is 9.47 Å². The highest BCUT2D eigenvalue weighted by Crippen LogP contribution is 2.19. The molecule has 21 heavy (non-hydrogen) atoms. The summed E-state index contributed by atoms with van der Waals surface area (Å²) in [5, 5.41) is 6.63. The van der Waals surface area contributed by atoms with E-state index in [1.54, 1.807) is 7.05 Å².